The van der Waals surface area contributed by atoms with E-state index in [1.165, 1.54) is 12.7 Å². The van der Waals surface area contributed by atoms with Crippen LogP contribution in [-0.2, 0) is 16.0 Å². The number of imide groups is 1. The van der Waals surface area contributed by atoms with Gasteiger partial charge in [-0.3, -0.25) is 9.59 Å². The number of anilines is 2. The van der Waals surface area contributed by atoms with Crippen molar-refractivity contribution >= 4 is 40.4 Å². The summed E-state index contributed by atoms with van der Waals surface area (Å²) in [6.45, 7) is 2.08. The van der Waals surface area contributed by atoms with Gasteiger partial charge in [0.2, 0.25) is 0 Å². The summed E-state index contributed by atoms with van der Waals surface area (Å²) in [5, 5.41) is 3.72. The number of carbonyl (C=O) groups is 2. The second-order valence-electron chi connectivity index (χ2n) is 7.05. The van der Waals surface area contributed by atoms with Crippen molar-refractivity contribution in [1.82, 2.24) is 0 Å². The number of aryl methyl sites for hydroxylation is 1. The van der Waals surface area contributed by atoms with Crippen LogP contribution in [-0.4, -0.2) is 18.9 Å². The molecule has 0 aromatic heterocycles. The molecule has 0 aliphatic carbocycles. The molecule has 6 heteroatoms. The summed E-state index contributed by atoms with van der Waals surface area (Å²) in [7, 11) is 1.51. The highest BCUT2D eigenvalue weighted by atomic mass is 35.5. The van der Waals surface area contributed by atoms with E-state index in [1.807, 2.05) is 24.3 Å². The summed E-state index contributed by atoms with van der Waals surface area (Å²) in [5.41, 5.74) is 3.40. The van der Waals surface area contributed by atoms with E-state index in [1.54, 1.807) is 48.5 Å². The van der Waals surface area contributed by atoms with Crippen LogP contribution in [0.3, 0.4) is 0 Å². The summed E-state index contributed by atoms with van der Waals surface area (Å²) in [6.07, 6.45) is 0.915. The molecule has 4 rings (SSSR count). The van der Waals surface area contributed by atoms with Gasteiger partial charge in [-0.1, -0.05) is 54.9 Å². The Kier molecular flexibility index (Phi) is 5.78. The molecule has 1 aliphatic rings. The third-order valence-corrected chi connectivity index (χ3v) is 5.43. The molecule has 5 nitrogen and oxygen atoms in total. The van der Waals surface area contributed by atoms with Gasteiger partial charge in [0.15, 0.2) is 0 Å². The Labute approximate surface area is 185 Å². The highest BCUT2D eigenvalue weighted by Gasteiger charge is 2.41. The van der Waals surface area contributed by atoms with Gasteiger partial charge in [0, 0.05) is 10.7 Å². The van der Waals surface area contributed by atoms with Crippen molar-refractivity contribution in [3.63, 3.8) is 0 Å². The van der Waals surface area contributed by atoms with E-state index in [9.17, 15) is 9.59 Å². The van der Waals surface area contributed by atoms with Crippen LogP contribution in [0.2, 0.25) is 5.02 Å². The summed E-state index contributed by atoms with van der Waals surface area (Å²) >= 11 is 6.03. The Morgan fingerprint density at radius 3 is 2.23 bits per heavy atom. The van der Waals surface area contributed by atoms with E-state index < -0.39 is 11.8 Å². The molecule has 0 saturated carbocycles. The number of ether oxygens (including phenoxy) is 1. The standard InChI is InChI=1S/C25H21ClN2O3/c1-3-16-8-14-19(15-9-16)27-23-22(17-10-12-18(26)13-11-17)24(29)28(25(23)30)20-6-4-5-7-21(20)31-2/h4-15,27H,3H2,1-2H3. The van der Waals surface area contributed by atoms with Gasteiger partial charge in [-0.05, 0) is 53.9 Å². The van der Waals surface area contributed by atoms with E-state index in [2.05, 4.69) is 12.2 Å². The SMILES string of the molecule is CCc1ccc(NC2=C(c3ccc(Cl)cc3)C(=O)N(c3ccccc3OC)C2=O)cc1. The highest BCUT2D eigenvalue weighted by Crippen LogP contribution is 2.37. The molecule has 0 unspecified atom stereocenters. The van der Waals surface area contributed by atoms with Gasteiger partial charge in [-0.25, -0.2) is 4.90 Å². The zero-order valence-electron chi connectivity index (χ0n) is 17.2. The summed E-state index contributed by atoms with van der Waals surface area (Å²) in [5.74, 6) is -0.434. The molecule has 1 N–H and O–H groups in total. The second-order valence-corrected chi connectivity index (χ2v) is 7.49. The van der Waals surface area contributed by atoms with Crippen LogP contribution in [0.1, 0.15) is 18.1 Å². The maximum absolute atomic E-state index is 13.5. The first-order chi connectivity index (χ1) is 15.0. The van der Waals surface area contributed by atoms with Crippen molar-refractivity contribution in [2.75, 3.05) is 17.3 Å². The minimum Gasteiger partial charge on any atom is -0.495 e. The lowest BCUT2D eigenvalue weighted by Crippen LogP contribution is -2.32. The van der Waals surface area contributed by atoms with Crippen LogP contribution in [0.25, 0.3) is 5.57 Å². The predicted molar refractivity (Wildman–Crippen MR) is 123 cm³/mol. The van der Waals surface area contributed by atoms with E-state index in [-0.39, 0.29) is 11.3 Å². The number of nitrogens with zero attached hydrogens (tertiary/aromatic N) is 1. The zero-order valence-corrected chi connectivity index (χ0v) is 17.9. The van der Waals surface area contributed by atoms with E-state index in [4.69, 9.17) is 16.3 Å². The topological polar surface area (TPSA) is 58.6 Å². The molecule has 1 aliphatic heterocycles. The van der Waals surface area contributed by atoms with Gasteiger partial charge in [0.1, 0.15) is 11.4 Å². The molecule has 0 bridgehead atoms. The van der Waals surface area contributed by atoms with Crippen molar-refractivity contribution in [3.05, 3.63) is 94.6 Å². The van der Waals surface area contributed by atoms with Crippen molar-refractivity contribution in [3.8, 4) is 5.75 Å². The number of amides is 2. The molecule has 2 amide bonds. The van der Waals surface area contributed by atoms with Crippen molar-refractivity contribution < 1.29 is 14.3 Å². The summed E-state index contributed by atoms with van der Waals surface area (Å²) < 4.78 is 5.39. The van der Waals surface area contributed by atoms with Gasteiger partial charge in [-0.15, -0.1) is 0 Å². The molecule has 3 aromatic rings. The van der Waals surface area contributed by atoms with E-state index in [0.717, 1.165) is 17.0 Å². The van der Waals surface area contributed by atoms with Crippen LogP contribution in [0.5, 0.6) is 5.75 Å². The van der Waals surface area contributed by atoms with Crippen LogP contribution >= 0.6 is 11.6 Å². The molecule has 0 spiro atoms. The molecular formula is C25H21ClN2O3. The van der Waals surface area contributed by atoms with Crippen LogP contribution in [0, 0.1) is 0 Å². The van der Waals surface area contributed by atoms with Crippen LogP contribution in [0.4, 0.5) is 11.4 Å². The fourth-order valence-electron chi connectivity index (χ4n) is 3.53. The average Bonchev–Trinajstić information content (AvgIpc) is 3.04. The second kappa shape index (κ2) is 8.66. The van der Waals surface area contributed by atoms with Gasteiger partial charge in [0.25, 0.3) is 11.8 Å². The van der Waals surface area contributed by atoms with Crippen LogP contribution < -0.4 is 15.0 Å². The van der Waals surface area contributed by atoms with Gasteiger partial charge >= 0.3 is 0 Å². The molecular weight excluding hydrogens is 412 g/mol. The minimum absolute atomic E-state index is 0.211. The quantitative estimate of drug-likeness (QED) is 0.536. The Hall–Kier alpha value is -3.57. The lowest BCUT2D eigenvalue weighted by molar-refractivity contribution is -0.120. The maximum atomic E-state index is 13.5. The Bertz CT molecular complexity index is 1170. The Balaban J connectivity index is 1.81. The molecule has 3 aromatic carbocycles. The first kappa shape index (κ1) is 20.7. The summed E-state index contributed by atoms with van der Waals surface area (Å²) in [6, 6.07) is 21.6. The maximum Gasteiger partial charge on any atom is 0.282 e. The highest BCUT2D eigenvalue weighted by molar-refractivity contribution is 6.46. The fraction of sp³-hybridized carbons (Fsp3) is 0.120. The largest absolute Gasteiger partial charge is 0.495 e. The predicted octanol–water partition coefficient (Wildman–Crippen LogP) is 5.31. The van der Waals surface area contributed by atoms with E-state index >= 15 is 0 Å². The number of para-hydroxylation sites is 2. The number of carbonyl (C=O) groups excluding carboxylic acids is 2. The molecule has 0 fully saturated rings. The third-order valence-electron chi connectivity index (χ3n) is 5.17. The van der Waals surface area contributed by atoms with Gasteiger partial charge < -0.3 is 10.1 Å². The number of hydrogen-bond acceptors (Lipinski definition) is 4. The first-order valence-corrected chi connectivity index (χ1v) is 10.3. The minimum atomic E-state index is -0.445. The number of benzene rings is 3. The average molecular weight is 433 g/mol. The number of rotatable bonds is 6. The number of halogens is 1. The number of nitrogens with one attached hydrogen (secondary N) is 1. The van der Waals surface area contributed by atoms with Gasteiger partial charge in [0.05, 0.1) is 18.4 Å². The Morgan fingerprint density at radius 1 is 0.903 bits per heavy atom. The number of hydrogen-bond donors (Lipinski definition) is 1. The van der Waals surface area contributed by atoms with Crippen molar-refractivity contribution in [2.45, 2.75) is 13.3 Å². The molecule has 1 heterocycles. The fourth-order valence-corrected chi connectivity index (χ4v) is 3.66. The molecule has 31 heavy (non-hydrogen) atoms. The Morgan fingerprint density at radius 2 is 1.58 bits per heavy atom. The number of methoxy groups -OCH3 is 1. The zero-order chi connectivity index (χ0) is 22.0. The van der Waals surface area contributed by atoms with Crippen molar-refractivity contribution in [2.24, 2.45) is 0 Å². The van der Waals surface area contributed by atoms with Crippen molar-refractivity contribution in [1.29, 1.82) is 0 Å². The molecule has 0 radical (unpaired) electrons. The first-order valence-electron chi connectivity index (χ1n) is 9.91. The molecule has 0 atom stereocenters. The van der Waals surface area contributed by atoms with Gasteiger partial charge in [-0.2, -0.15) is 0 Å². The van der Waals surface area contributed by atoms with Crippen LogP contribution in [0.15, 0.2) is 78.5 Å². The normalized spacial score (nSPS) is 13.7. The molecule has 156 valence electrons. The monoisotopic (exact) mass is 432 g/mol. The third kappa shape index (κ3) is 3.92. The smallest absolute Gasteiger partial charge is 0.282 e. The summed E-state index contributed by atoms with van der Waals surface area (Å²) in [4.78, 5) is 28.1. The lowest BCUT2D eigenvalue weighted by atomic mass is 10.0. The van der Waals surface area contributed by atoms with E-state index in [0.29, 0.717) is 22.0 Å². The lowest BCUT2D eigenvalue weighted by Gasteiger charge is -2.18. The molecule has 0 saturated heterocycles.